The van der Waals surface area contributed by atoms with Crippen LogP contribution >= 0.6 is 0 Å². The van der Waals surface area contributed by atoms with Gasteiger partial charge in [-0.05, 0) is 61.4 Å². The second-order valence-electron chi connectivity index (χ2n) is 4.88. The minimum Gasteiger partial charge on any atom is -0.308 e. The summed E-state index contributed by atoms with van der Waals surface area (Å²) in [6.45, 7) is 3.93. The summed E-state index contributed by atoms with van der Waals surface area (Å²) in [4.78, 5) is 11.6. The molecule has 0 atom stereocenters. The molecule has 2 aromatic carbocycles. The van der Waals surface area contributed by atoms with Crippen molar-refractivity contribution in [3.05, 3.63) is 53.6 Å². The summed E-state index contributed by atoms with van der Waals surface area (Å²) >= 11 is 0. The number of carbonyl (C=O) groups excluding carboxylic acids is 1. The van der Waals surface area contributed by atoms with Crippen molar-refractivity contribution in [1.29, 1.82) is 0 Å². The predicted molar refractivity (Wildman–Crippen MR) is 84.8 cm³/mol. The molecule has 6 nitrogen and oxygen atoms in total. The third kappa shape index (κ3) is 4.06. The fraction of sp³-hybridized carbons (Fsp3) is 0.133. The highest BCUT2D eigenvalue weighted by atomic mass is 32.2. The van der Waals surface area contributed by atoms with Crippen LogP contribution in [0, 0.1) is 13.8 Å². The minimum absolute atomic E-state index is 0.229. The van der Waals surface area contributed by atoms with Crippen LogP contribution < -0.4 is 10.6 Å². The molecule has 0 aliphatic heterocycles. The van der Waals surface area contributed by atoms with Crippen LogP contribution in [0.15, 0.2) is 47.4 Å². The lowest BCUT2D eigenvalue weighted by Gasteiger charge is -2.09. The van der Waals surface area contributed by atoms with Crippen LogP contribution in [0.25, 0.3) is 0 Å². The van der Waals surface area contributed by atoms with E-state index >= 15 is 0 Å². The van der Waals surface area contributed by atoms with Gasteiger partial charge >= 0.3 is 6.03 Å². The molecule has 0 bridgehead atoms. The maximum Gasteiger partial charge on any atom is 0.323 e. The molecular weight excluding hydrogens is 304 g/mol. The van der Waals surface area contributed by atoms with Crippen molar-refractivity contribution in [2.45, 2.75) is 18.7 Å². The summed E-state index contributed by atoms with van der Waals surface area (Å²) in [5.41, 5.74) is 3.27. The fourth-order valence-electron chi connectivity index (χ4n) is 1.82. The lowest BCUT2D eigenvalue weighted by molar-refractivity contribution is 0.262. The first-order valence-electron chi connectivity index (χ1n) is 6.48. The highest BCUT2D eigenvalue weighted by Gasteiger charge is 2.09. The van der Waals surface area contributed by atoms with Crippen molar-refractivity contribution in [1.82, 2.24) is 0 Å². The third-order valence-electron chi connectivity index (χ3n) is 3.17. The van der Waals surface area contributed by atoms with Gasteiger partial charge in [0.05, 0.1) is 4.90 Å². The first-order valence-corrected chi connectivity index (χ1v) is 7.92. The maximum absolute atomic E-state index is 11.9. The summed E-state index contributed by atoms with van der Waals surface area (Å²) in [7, 11) is -4.23. The van der Waals surface area contributed by atoms with Crippen molar-refractivity contribution < 1.29 is 17.8 Å². The Balaban J connectivity index is 2.04. The first-order chi connectivity index (χ1) is 10.3. The van der Waals surface area contributed by atoms with Crippen LogP contribution in [-0.2, 0) is 10.1 Å². The van der Waals surface area contributed by atoms with Crippen molar-refractivity contribution >= 4 is 27.5 Å². The summed E-state index contributed by atoms with van der Waals surface area (Å²) in [6.07, 6.45) is 0. The number of aryl methyl sites for hydroxylation is 2. The van der Waals surface area contributed by atoms with E-state index < -0.39 is 16.1 Å². The van der Waals surface area contributed by atoms with E-state index in [1.807, 2.05) is 26.0 Å². The number of hydrogen-bond acceptors (Lipinski definition) is 3. The van der Waals surface area contributed by atoms with Crippen molar-refractivity contribution in [3.8, 4) is 0 Å². The fourth-order valence-corrected chi connectivity index (χ4v) is 2.30. The number of benzene rings is 2. The molecule has 7 heteroatoms. The zero-order valence-electron chi connectivity index (χ0n) is 12.1. The standard InChI is InChI=1S/C15H16N2O4S/c1-10-3-4-13(9-11(10)2)17-15(18)16-12-5-7-14(8-6-12)22(19,20)21/h3-9H,1-2H3,(H2,16,17,18)(H,19,20,21). The number of amides is 2. The first kappa shape index (κ1) is 16.0. The summed E-state index contributed by atoms with van der Waals surface area (Å²) in [5, 5.41) is 5.26. The van der Waals surface area contributed by atoms with Gasteiger partial charge in [-0.1, -0.05) is 6.07 Å². The topological polar surface area (TPSA) is 95.5 Å². The molecule has 0 saturated heterocycles. The summed E-state index contributed by atoms with van der Waals surface area (Å²) in [6, 6.07) is 10.3. The van der Waals surface area contributed by atoms with Gasteiger partial charge in [0.2, 0.25) is 0 Å². The SMILES string of the molecule is Cc1ccc(NC(=O)Nc2ccc(S(=O)(=O)O)cc2)cc1C. The highest BCUT2D eigenvalue weighted by Crippen LogP contribution is 2.16. The van der Waals surface area contributed by atoms with E-state index in [1.54, 1.807) is 6.07 Å². The minimum atomic E-state index is -4.23. The lowest BCUT2D eigenvalue weighted by Crippen LogP contribution is -2.19. The van der Waals surface area contributed by atoms with Crippen LogP contribution in [0.1, 0.15) is 11.1 Å². The molecule has 0 fully saturated rings. The molecule has 0 saturated carbocycles. The van der Waals surface area contributed by atoms with E-state index in [1.165, 1.54) is 24.3 Å². The van der Waals surface area contributed by atoms with E-state index in [4.69, 9.17) is 4.55 Å². The van der Waals surface area contributed by atoms with Crippen LogP contribution in [0.4, 0.5) is 16.2 Å². The second-order valence-corrected chi connectivity index (χ2v) is 6.30. The van der Waals surface area contributed by atoms with Gasteiger partial charge in [0.15, 0.2) is 0 Å². The summed E-state index contributed by atoms with van der Waals surface area (Å²) in [5.74, 6) is 0. The van der Waals surface area contributed by atoms with Crippen molar-refractivity contribution in [2.75, 3.05) is 10.6 Å². The highest BCUT2D eigenvalue weighted by molar-refractivity contribution is 7.85. The van der Waals surface area contributed by atoms with Crippen LogP contribution in [0.5, 0.6) is 0 Å². The van der Waals surface area contributed by atoms with Gasteiger partial charge in [-0.15, -0.1) is 0 Å². The summed E-state index contributed by atoms with van der Waals surface area (Å²) < 4.78 is 30.7. The van der Waals surface area contributed by atoms with E-state index in [2.05, 4.69) is 10.6 Å². The van der Waals surface area contributed by atoms with E-state index in [0.717, 1.165) is 11.1 Å². The molecule has 2 amide bonds. The molecule has 0 aliphatic carbocycles. The molecule has 0 heterocycles. The average molecular weight is 320 g/mol. The molecule has 0 aromatic heterocycles. The number of hydrogen-bond donors (Lipinski definition) is 3. The van der Waals surface area contributed by atoms with Gasteiger partial charge in [0, 0.05) is 11.4 Å². The molecular formula is C15H16N2O4S. The Kier molecular flexibility index (Phi) is 4.48. The van der Waals surface area contributed by atoms with Crippen LogP contribution in [-0.4, -0.2) is 19.0 Å². The molecule has 3 N–H and O–H groups in total. The van der Waals surface area contributed by atoms with Gasteiger partial charge in [0.1, 0.15) is 0 Å². The number of anilines is 2. The molecule has 2 rings (SSSR count). The Labute approximate surface area is 128 Å². The van der Waals surface area contributed by atoms with E-state index in [9.17, 15) is 13.2 Å². The Bertz CT molecular complexity index is 799. The van der Waals surface area contributed by atoms with Crippen LogP contribution in [0.3, 0.4) is 0 Å². The Morgan fingerprint density at radius 3 is 2.00 bits per heavy atom. The molecule has 0 spiro atoms. The number of nitrogens with one attached hydrogen (secondary N) is 2. The van der Waals surface area contributed by atoms with Gasteiger partial charge in [0.25, 0.3) is 10.1 Å². The monoisotopic (exact) mass is 320 g/mol. The van der Waals surface area contributed by atoms with Gasteiger partial charge in [-0.2, -0.15) is 8.42 Å². The zero-order valence-corrected chi connectivity index (χ0v) is 12.9. The van der Waals surface area contributed by atoms with Crippen molar-refractivity contribution in [3.63, 3.8) is 0 Å². The predicted octanol–water partition coefficient (Wildman–Crippen LogP) is 3.19. The molecule has 22 heavy (non-hydrogen) atoms. The largest absolute Gasteiger partial charge is 0.323 e. The lowest BCUT2D eigenvalue weighted by atomic mass is 10.1. The third-order valence-corrected chi connectivity index (χ3v) is 4.04. The Morgan fingerprint density at radius 2 is 1.45 bits per heavy atom. The zero-order chi connectivity index (χ0) is 16.3. The number of carbonyl (C=O) groups is 1. The molecule has 2 aromatic rings. The number of urea groups is 1. The quantitative estimate of drug-likeness (QED) is 0.757. The molecule has 116 valence electrons. The Morgan fingerprint density at radius 1 is 0.909 bits per heavy atom. The maximum atomic E-state index is 11.9. The Hall–Kier alpha value is -2.38. The second kappa shape index (κ2) is 6.17. The van der Waals surface area contributed by atoms with Crippen molar-refractivity contribution in [2.24, 2.45) is 0 Å². The molecule has 0 radical (unpaired) electrons. The van der Waals surface area contributed by atoms with Gasteiger partial charge in [-0.3, -0.25) is 4.55 Å². The number of rotatable bonds is 3. The van der Waals surface area contributed by atoms with E-state index in [-0.39, 0.29) is 4.90 Å². The normalized spacial score (nSPS) is 11.0. The van der Waals surface area contributed by atoms with Crippen LogP contribution in [0.2, 0.25) is 0 Å². The van der Waals surface area contributed by atoms with Gasteiger partial charge < -0.3 is 10.6 Å². The average Bonchev–Trinajstić information content (AvgIpc) is 2.42. The smallest absolute Gasteiger partial charge is 0.308 e. The molecule has 0 unspecified atom stereocenters. The van der Waals surface area contributed by atoms with E-state index in [0.29, 0.717) is 11.4 Å². The van der Waals surface area contributed by atoms with Gasteiger partial charge in [-0.25, -0.2) is 4.79 Å². The molecule has 0 aliphatic rings.